The van der Waals surface area contributed by atoms with Crippen molar-refractivity contribution >= 4 is 27.6 Å². The normalized spacial score (nSPS) is 12.0. The topological polar surface area (TPSA) is 38.3 Å². The fourth-order valence-corrected chi connectivity index (χ4v) is 1.41. The second-order valence-corrected chi connectivity index (χ2v) is 3.93. The van der Waals surface area contributed by atoms with Crippen molar-refractivity contribution in [1.29, 1.82) is 0 Å². The van der Waals surface area contributed by atoms with Gasteiger partial charge in [0.1, 0.15) is 11.9 Å². The lowest BCUT2D eigenvalue weighted by atomic mass is 10.2. The van der Waals surface area contributed by atoms with Gasteiger partial charge in [0.2, 0.25) is 0 Å². The third-order valence-corrected chi connectivity index (χ3v) is 2.35. The molecule has 1 atom stereocenters. The molecule has 0 spiro atoms. The molecule has 1 aromatic rings. The van der Waals surface area contributed by atoms with Gasteiger partial charge in [0.25, 0.3) is 0 Å². The van der Waals surface area contributed by atoms with Crippen molar-refractivity contribution in [3.63, 3.8) is 0 Å². The fourth-order valence-electron chi connectivity index (χ4n) is 1.08. The van der Waals surface area contributed by atoms with E-state index in [1.165, 1.54) is 13.2 Å². The van der Waals surface area contributed by atoms with Crippen molar-refractivity contribution < 1.29 is 13.9 Å². The van der Waals surface area contributed by atoms with Crippen LogP contribution in [-0.2, 0) is 9.53 Å². The molecule has 5 heteroatoms. The van der Waals surface area contributed by atoms with E-state index in [1.807, 2.05) is 0 Å². The minimum absolute atomic E-state index is 0.274. The summed E-state index contributed by atoms with van der Waals surface area (Å²) in [5.41, 5.74) is 0.274. The van der Waals surface area contributed by atoms with E-state index in [4.69, 9.17) is 0 Å². The van der Waals surface area contributed by atoms with E-state index in [9.17, 15) is 9.18 Å². The van der Waals surface area contributed by atoms with Crippen molar-refractivity contribution in [1.82, 2.24) is 0 Å². The number of esters is 1. The van der Waals surface area contributed by atoms with Gasteiger partial charge >= 0.3 is 5.97 Å². The highest BCUT2D eigenvalue weighted by molar-refractivity contribution is 9.10. The first-order chi connectivity index (χ1) is 7.04. The summed E-state index contributed by atoms with van der Waals surface area (Å²) in [6.45, 7) is 1.60. The Bertz CT molecular complexity index is 370. The van der Waals surface area contributed by atoms with Crippen LogP contribution in [0.1, 0.15) is 6.92 Å². The van der Waals surface area contributed by atoms with Gasteiger partial charge in [0.15, 0.2) is 0 Å². The number of hydrogen-bond acceptors (Lipinski definition) is 3. The average Bonchev–Trinajstić information content (AvgIpc) is 2.20. The summed E-state index contributed by atoms with van der Waals surface area (Å²) in [7, 11) is 1.29. The molecule has 0 aliphatic rings. The van der Waals surface area contributed by atoms with Gasteiger partial charge in [-0.25, -0.2) is 9.18 Å². The monoisotopic (exact) mass is 275 g/mol. The van der Waals surface area contributed by atoms with E-state index >= 15 is 0 Å². The third-order valence-electron chi connectivity index (χ3n) is 1.86. The van der Waals surface area contributed by atoms with Crippen LogP contribution in [0.2, 0.25) is 0 Å². The minimum Gasteiger partial charge on any atom is -0.467 e. The summed E-state index contributed by atoms with van der Waals surface area (Å²) in [6.07, 6.45) is 0. The van der Waals surface area contributed by atoms with Crippen LogP contribution in [0.5, 0.6) is 0 Å². The number of rotatable bonds is 3. The number of carbonyl (C=O) groups is 1. The largest absolute Gasteiger partial charge is 0.467 e. The smallest absolute Gasteiger partial charge is 0.327 e. The maximum atomic E-state index is 13.3. The molecule has 0 saturated heterocycles. The van der Waals surface area contributed by atoms with Gasteiger partial charge in [-0.3, -0.25) is 0 Å². The molecule has 0 bridgehead atoms. The molecule has 0 aliphatic carbocycles. The molecule has 1 aromatic carbocycles. The zero-order valence-electron chi connectivity index (χ0n) is 8.38. The molecule has 0 aromatic heterocycles. The number of halogens is 2. The van der Waals surface area contributed by atoms with E-state index in [0.29, 0.717) is 4.47 Å². The molecule has 0 radical (unpaired) electrons. The average molecular weight is 276 g/mol. The van der Waals surface area contributed by atoms with Crippen LogP contribution in [-0.4, -0.2) is 19.1 Å². The Morgan fingerprint density at radius 1 is 1.60 bits per heavy atom. The quantitative estimate of drug-likeness (QED) is 0.862. The number of carbonyl (C=O) groups excluding carboxylic acids is 1. The molecule has 82 valence electrons. The van der Waals surface area contributed by atoms with Gasteiger partial charge in [-0.05, 0) is 25.1 Å². The highest BCUT2D eigenvalue weighted by Gasteiger charge is 2.14. The molecule has 0 saturated carbocycles. The molecular formula is C10H11BrFNO2. The van der Waals surface area contributed by atoms with Crippen molar-refractivity contribution in [2.45, 2.75) is 13.0 Å². The zero-order valence-corrected chi connectivity index (χ0v) is 9.97. The van der Waals surface area contributed by atoms with Crippen LogP contribution in [0, 0.1) is 5.82 Å². The fraction of sp³-hybridized carbons (Fsp3) is 0.300. The molecular weight excluding hydrogens is 265 g/mol. The number of hydrogen-bond donors (Lipinski definition) is 1. The van der Waals surface area contributed by atoms with Crippen LogP contribution in [0.3, 0.4) is 0 Å². The Labute approximate surface area is 95.7 Å². The molecule has 1 rings (SSSR count). The Hall–Kier alpha value is -1.10. The maximum absolute atomic E-state index is 13.3. The molecule has 0 aliphatic heterocycles. The third kappa shape index (κ3) is 3.20. The first-order valence-electron chi connectivity index (χ1n) is 4.34. The van der Waals surface area contributed by atoms with E-state index in [2.05, 4.69) is 26.0 Å². The Kier molecular flexibility index (Phi) is 4.08. The zero-order chi connectivity index (χ0) is 11.4. The standard InChI is InChI=1S/C10H11BrFNO2/c1-6(10(14)15-2)13-9-4-3-7(11)5-8(9)12/h3-6,13H,1-2H3. The van der Waals surface area contributed by atoms with Crippen LogP contribution < -0.4 is 5.32 Å². The number of benzene rings is 1. The van der Waals surface area contributed by atoms with Crippen molar-refractivity contribution in [2.24, 2.45) is 0 Å². The van der Waals surface area contributed by atoms with Crippen LogP contribution in [0.25, 0.3) is 0 Å². The highest BCUT2D eigenvalue weighted by Crippen LogP contribution is 2.19. The van der Waals surface area contributed by atoms with Crippen molar-refractivity contribution in [2.75, 3.05) is 12.4 Å². The Balaban J connectivity index is 2.76. The van der Waals surface area contributed by atoms with E-state index < -0.39 is 17.8 Å². The first-order valence-corrected chi connectivity index (χ1v) is 5.13. The highest BCUT2D eigenvalue weighted by atomic mass is 79.9. The van der Waals surface area contributed by atoms with Gasteiger partial charge in [-0.2, -0.15) is 0 Å². The predicted molar refractivity (Wildman–Crippen MR) is 59.2 cm³/mol. The summed E-state index contributed by atoms with van der Waals surface area (Å²) in [5, 5.41) is 2.72. The first kappa shape index (κ1) is 12.0. The van der Waals surface area contributed by atoms with Gasteiger partial charge < -0.3 is 10.1 Å². The molecule has 3 nitrogen and oxygen atoms in total. The Morgan fingerprint density at radius 2 is 2.27 bits per heavy atom. The lowest BCUT2D eigenvalue weighted by molar-refractivity contribution is -0.141. The second kappa shape index (κ2) is 5.11. The molecule has 1 unspecified atom stereocenters. The van der Waals surface area contributed by atoms with Gasteiger partial charge in [-0.15, -0.1) is 0 Å². The molecule has 0 heterocycles. The SMILES string of the molecule is COC(=O)C(C)Nc1ccc(Br)cc1F. The molecule has 0 fully saturated rings. The molecule has 0 amide bonds. The predicted octanol–water partition coefficient (Wildman–Crippen LogP) is 2.56. The van der Waals surface area contributed by atoms with Crippen LogP contribution in [0.4, 0.5) is 10.1 Å². The van der Waals surface area contributed by atoms with Crippen LogP contribution >= 0.6 is 15.9 Å². The number of ether oxygens (including phenoxy) is 1. The van der Waals surface area contributed by atoms with Crippen molar-refractivity contribution in [3.05, 3.63) is 28.5 Å². The minimum atomic E-state index is -0.578. The lowest BCUT2D eigenvalue weighted by Gasteiger charge is -2.13. The van der Waals surface area contributed by atoms with Gasteiger partial charge in [0, 0.05) is 4.47 Å². The molecule has 1 N–H and O–H groups in total. The van der Waals surface area contributed by atoms with E-state index in [-0.39, 0.29) is 5.69 Å². The van der Waals surface area contributed by atoms with Gasteiger partial charge in [0.05, 0.1) is 12.8 Å². The number of anilines is 1. The number of nitrogens with one attached hydrogen (secondary N) is 1. The molecule has 15 heavy (non-hydrogen) atoms. The summed E-state index contributed by atoms with van der Waals surface area (Å²) in [6, 6.07) is 3.99. The summed E-state index contributed by atoms with van der Waals surface area (Å²) in [4.78, 5) is 11.1. The van der Waals surface area contributed by atoms with Crippen LogP contribution in [0.15, 0.2) is 22.7 Å². The van der Waals surface area contributed by atoms with E-state index in [0.717, 1.165) is 0 Å². The lowest BCUT2D eigenvalue weighted by Crippen LogP contribution is -2.27. The van der Waals surface area contributed by atoms with Gasteiger partial charge in [-0.1, -0.05) is 15.9 Å². The second-order valence-electron chi connectivity index (χ2n) is 3.01. The maximum Gasteiger partial charge on any atom is 0.327 e. The number of methoxy groups -OCH3 is 1. The Morgan fingerprint density at radius 3 is 2.80 bits per heavy atom. The van der Waals surface area contributed by atoms with Crippen molar-refractivity contribution in [3.8, 4) is 0 Å². The summed E-state index contributed by atoms with van der Waals surface area (Å²) in [5.74, 6) is -0.850. The van der Waals surface area contributed by atoms with E-state index in [1.54, 1.807) is 19.1 Å². The summed E-state index contributed by atoms with van der Waals surface area (Å²) < 4.78 is 18.5. The summed E-state index contributed by atoms with van der Waals surface area (Å²) >= 11 is 3.15.